The normalized spacial score (nSPS) is 11.4. The third-order valence-corrected chi connectivity index (χ3v) is 5.30. The van der Waals surface area contributed by atoms with Crippen molar-refractivity contribution in [2.75, 3.05) is 25.0 Å². The van der Waals surface area contributed by atoms with Gasteiger partial charge in [0.1, 0.15) is 5.69 Å². The number of nitrogens with one attached hydrogen (secondary N) is 1. The van der Waals surface area contributed by atoms with Crippen LogP contribution in [0.25, 0.3) is 11.0 Å². The van der Waals surface area contributed by atoms with Crippen LogP contribution in [0.3, 0.4) is 0 Å². The van der Waals surface area contributed by atoms with Gasteiger partial charge in [-0.15, -0.1) is 0 Å². The number of nitrogens with zero attached hydrogens (tertiary/aromatic N) is 5. The highest BCUT2D eigenvalue weighted by Crippen LogP contribution is 2.22. The van der Waals surface area contributed by atoms with Crippen LogP contribution in [-0.4, -0.2) is 49.8 Å². The number of aryl methyl sites for hydroxylation is 1. The Hall–Kier alpha value is -2.19. The molecule has 1 N–H and O–H groups in total. The summed E-state index contributed by atoms with van der Waals surface area (Å²) < 4.78 is 4.42. The third kappa shape index (κ3) is 4.06. The maximum absolute atomic E-state index is 12.9. The molecule has 0 aliphatic rings. The zero-order valence-corrected chi connectivity index (χ0v) is 17.5. The van der Waals surface area contributed by atoms with Crippen LogP contribution in [0, 0.1) is 0 Å². The summed E-state index contributed by atoms with van der Waals surface area (Å²) in [6, 6.07) is 7.95. The first-order valence-corrected chi connectivity index (χ1v) is 10.1. The van der Waals surface area contributed by atoms with Crippen LogP contribution in [0.15, 0.2) is 34.9 Å². The second kappa shape index (κ2) is 8.67. The van der Waals surface area contributed by atoms with E-state index in [0.717, 1.165) is 37.2 Å². The minimum Gasteiger partial charge on any atom is -0.309 e. The molecule has 27 heavy (non-hydrogen) atoms. The number of hydrogen-bond acceptors (Lipinski definition) is 4. The predicted octanol–water partition coefficient (Wildman–Crippen LogP) is 3.61. The van der Waals surface area contributed by atoms with Gasteiger partial charge in [0.2, 0.25) is 5.95 Å². The molecule has 0 atom stereocenters. The maximum Gasteiger partial charge on any atom is 0.277 e. The fourth-order valence-corrected chi connectivity index (χ4v) is 3.64. The SMILES string of the molecule is CCN(CC)CCn1c(NC(=O)c2c(Br)cnn2CC)nc2ccccc21. The number of aromatic nitrogens is 4. The fourth-order valence-electron chi connectivity index (χ4n) is 3.17. The number of halogens is 1. The Morgan fingerprint density at radius 1 is 1.22 bits per heavy atom. The lowest BCUT2D eigenvalue weighted by molar-refractivity contribution is 0.101. The molecule has 0 radical (unpaired) electrons. The molecule has 144 valence electrons. The van der Waals surface area contributed by atoms with Gasteiger partial charge in [-0.05, 0) is 48.1 Å². The van der Waals surface area contributed by atoms with Gasteiger partial charge in [-0.2, -0.15) is 5.10 Å². The summed E-state index contributed by atoms with van der Waals surface area (Å²) in [5, 5.41) is 7.20. The molecule has 0 saturated carbocycles. The summed E-state index contributed by atoms with van der Waals surface area (Å²) in [5.74, 6) is 0.338. The molecule has 3 rings (SSSR count). The molecule has 1 aromatic carbocycles. The van der Waals surface area contributed by atoms with E-state index < -0.39 is 0 Å². The molecule has 8 heteroatoms. The average Bonchev–Trinajstić information content (AvgIpc) is 3.22. The molecule has 0 fully saturated rings. The van der Waals surface area contributed by atoms with E-state index in [2.05, 4.69) is 54.6 Å². The second-order valence-electron chi connectivity index (χ2n) is 6.21. The van der Waals surface area contributed by atoms with E-state index in [4.69, 9.17) is 0 Å². The Bertz CT molecular complexity index is 928. The Kier molecular flexibility index (Phi) is 6.28. The van der Waals surface area contributed by atoms with E-state index in [1.807, 2.05) is 31.2 Å². The van der Waals surface area contributed by atoms with Crippen molar-refractivity contribution in [3.63, 3.8) is 0 Å². The van der Waals surface area contributed by atoms with Crippen molar-refractivity contribution in [1.29, 1.82) is 0 Å². The number of fused-ring (bicyclic) bond motifs is 1. The number of carbonyl (C=O) groups excluding carboxylic acids is 1. The van der Waals surface area contributed by atoms with E-state index >= 15 is 0 Å². The molecule has 1 amide bonds. The number of likely N-dealkylation sites (N-methyl/N-ethyl adjacent to an activating group) is 1. The molecule has 0 saturated heterocycles. The van der Waals surface area contributed by atoms with Gasteiger partial charge in [-0.3, -0.25) is 14.8 Å². The first-order chi connectivity index (χ1) is 13.1. The van der Waals surface area contributed by atoms with Crippen LogP contribution in [0.4, 0.5) is 5.95 Å². The molecule has 2 aromatic heterocycles. The van der Waals surface area contributed by atoms with Gasteiger partial charge in [0.25, 0.3) is 5.91 Å². The molecular formula is C19H25BrN6O. The highest BCUT2D eigenvalue weighted by Gasteiger charge is 2.20. The monoisotopic (exact) mass is 432 g/mol. The number of imidazole rings is 1. The van der Waals surface area contributed by atoms with E-state index in [9.17, 15) is 4.79 Å². The van der Waals surface area contributed by atoms with Crippen molar-refractivity contribution in [1.82, 2.24) is 24.2 Å². The van der Waals surface area contributed by atoms with Gasteiger partial charge in [0.15, 0.2) is 0 Å². The smallest absolute Gasteiger partial charge is 0.277 e. The molecule has 0 bridgehead atoms. The number of para-hydroxylation sites is 2. The van der Waals surface area contributed by atoms with Gasteiger partial charge in [0, 0.05) is 19.6 Å². The lowest BCUT2D eigenvalue weighted by Crippen LogP contribution is -2.28. The lowest BCUT2D eigenvalue weighted by Gasteiger charge is -2.19. The zero-order valence-electron chi connectivity index (χ0n) is 15.9. The van der Waals surface area contributed by atoms with Crippen LogP contribution in [-0.2, 0) is 13.1 Å². The molecule has 2 heterocycles. The van der Waals surface area contributed by atoms with Gasteiger partial charge in [-0.1, -0.05) is 26.0 Å². The van der Waals surface area contributed by atoms with Crippen molar-refractivity contribution in [2.45, 2.75) is 33.9 Å². The summed E-state index contributed by atoms with van der Waals surface area (Å²) in [6.45, 7) is 10.5. The Labute approximate surface area is 167 Å². The van der Waals surface area contributed by atoms with E-state index in [1.54, 1.807) is 10.9 Å². The molecule has 0 unspecified atom stereocenters. The summed E-state index contributed by atoms with van der Waals surface area (Å²) in [4.78, 5) is 19.9. The molecule has 0 spiro atoms. The Morgan fingerprint density at radius 3 is 2.67 bits per heavy atom. The van der Waals surface area contributed by atoms with Crippen LogP contribution >= 0.6 is 15.9 Å². The van der Waals surface area contributed by atoms with Crippen molar-refractivity contribution >= 4 is 38.8 Å². The van der Waals surface area contributed by atoms with Crippen LogP contribution in [0.5, 0.6) is 0 Å². The van der Waals surface area contributed by atoms with Gasteiger partial charge >= 0.3 is 0 Å². The topological polar surface area (TPSA) is 68.0 Å². The van der Waals surface area contributed by atoms with Crippen LogP contribution < -0.4 is 5.32 Å². The van der Waals surface area contributed by atoms with Crippen LogP contribution in [0.2, 0.25) is 0 Å². The van der Waals surface area contributed by atoms with Crippen molar-refractivity contribution in [2.24, 2.45) is 0 Å². The van der Waals surface area contributed by atoms with E-state index in [0.29, 0.717) is 22.7 Å². The largest absolute Gasteiger partial charge is 0.309 e. The first kappa shape index (κ1) is 19.6. The number of rotatable bonds is 8. The summed E-state index contributed by atoms with van der Waals surface area (Å²) >= 11 is 3.42. The number of hydrogen-bond donors (Lipinski definition) is 1. The number of amides is 1. The zero-order chi connectivity index (χ0) is 19.4. The second-order valence-corrected chi connectivity index (χ2v) is 7.07. The molecule has 0 aliphatic carbocycles. The van der Waals surface area contributed by atoms with Crippen molar-refractivity contribution < 1.29 is 4.79 Å². The minimum atomic E-state index is -0.222. The Balaban J connectivity index is 1.92. The van der Waals surface area contributed by atoms with Gasteiger partial charge in [0.05, 0.1) is 21.7 Å². The summed E-state index contributed by atoms with van der Waals surface area (Å²) in [7, 11) is 0. The first-order valence-electron chi connectivity index (χ1n) is 9.29. The quantitative estimate of drug-likeness (QED) is 0.590. The lowest BCUT2D eigenvalue weighted by atomic mass is 10.3. The molecule has 7 nitrogen and oxygen atoms in total. The van der Waals surface area contributed by atoms with E-state index in [-0.39, 0.29) is 5.91 Å². The molecule has 0 aliphatic heterocycles. The highest BCUT2D eigenvalue weighted by atomic mass is 79.9. The minimum absolute atomic E-state index is 0.222. The van der Waals surface area contributed by atoms with Crippen molar-refractivity contribution in [3.8, 4) is 0 Å². The number of carbonyl (C=O) groups is 1. The summed E-state index contributed by atoms with van der Waals surface area (Å²) in [6.07, 6.45) is 1.64. The number of benzene rings is 1. The van der Waals surface area contributed by atoms with E-state index in [1.165, 1.54) is 0 Å². The van der Waals surface area contributed by atoms with Gasteiger partial charge < -0.3 is 9.47 Å². The molecule has 3 aromatic rings. The third-order valence-electron chi connectivity index (χ3n) is 4.72. The average molecular weight is 433 g/mol. The van der Waals surface area contributed by atoms with Crippen molar-refractivity contribution in [3.05, 3.63) is 40.6 Å². The predicted molar refractivity (Wildman–Crippen MR) is 111 cm³/mol. The highest BCUT2D eigenvalue weighted by molar-refractivity contribution is 9.10. The van der Waals surface area contributed by atoms with Gasteiger partial charge in [-0.25, -0.2) is 4.98 Å². The summed E-state index contributed by atoms with van der Waals surface area (Å²) in [5.41, 5.74) is 2.39. The number of anilines is 1. The fraction of sp³-hybridized carbons (Fsp3) is 0.421. The Morgan fingerprint density at radius 2 is 1.96 bits per heavy atom. The molecular weight excluding hydrogens is 408 g/mol. The maximum atomic E-state index is 12.9. The standard InChI is InChI=1S/C19H25BrN6O/c1-4-24(5-2)11-12-25-16-10-8-7-9-15(16)22-19(25)23-18(27)17-14(20)13-21-26(17)6-3/h7-10,13H,4-6,11-12H2,1-3H3,(H,22,23,27). The van der Waals surface area contributed by atoms with Crippen LogP contribution in [0.1, 0.15) is 31.3 Å².